The molecule has 2 aromatic rings. The summed E-state index contributed by atoms with van der Waals surface area (Å²) in [5.74, 6) is -0.0198. The van der Waals surface area contributed by atoms with Crippen LogP contribution in [0, 0.1) is 13.8 Å². The number of aryl methyl sites for hydroxylation is 2. The van der Waals surface area contributed by atoms with E-state index in [9.17, 15) is 4.79 Å². The number of nitrogens with one attached hydrogen (secondary N) is 1. The van der Waals surface area contributed by atoms with Gasteiger partial charge in [0, 0.05) is 25.5 Å². The highest BCUT2D eigenvalue weighted by Gasteiger charge is 2.19. The molecule has 0 saturated heterocycles. The Morgan fingerprint density at radius 1 is 1.48 bits per heavy atom. The maximum absolute atomic E-state index is 12.2. The molecule has 114 valence electrons. The van der Waals surface area contributed by atoms with Crippen molar-refractivity contribution in [3.8, 4) is 0 Å². The monoisotopic (exact) mass is 353 g/mol. The van der Waals surface area contributed by atoms with Gasteiger partial charge in [-0.05, 0) is 49.2 Å². The summed E-state index contributed by atoms with van der Waals surface area (Å²) in [6, 6.07) is 1.57. The van der Waals surface area contributed by atoms with E-state index in [1.807, 2.05) is 37.7 Å². The summed E-state index contributed by atoms with van der Waals surface area (Å²) >= 11 is 3.48. The van der Waals surface area contributed by atoms with E-state index in [1.54, 1.807) is 10.9 Å². The molecule has 1 atom stereocenters. The summed E-state index contributed by atoms with van der Waals surface area (Å²) in [7, 11) is 0. The maximum Gasteiger partial charge on any atom is 0.244 e. The molecule has 0 fully saturated rings. The van der Waals surface area contributed by atoms with Crippen molar-refractivity contribution >= 4 is 21.8 Å². The molecule has 2 rings (SSSR count). The Bertz CT molecular complexity index is 605. The number of aromatic nitrogens is 4. The third-order valence-corrected chi connectivity index (χ3v) is 4.55. The lowest BCUT2D eigenvalue weighted by Gasteiger charge is -2.14. The van der Waals surface area contributed by atoms with E-state index >= 15 is 0 Å². The quantitative estimate of drug-likeness (QED) is 0.809. The van der Waals surface area contributed by atoms with Crippen LogP contribution >= 0.6 is 15.9 Å². The van der Waals surface area contributed by atoms with Crippen molar-refractivity contribution in [2.45, 2.75) is 39.8 Å². The number of hydrogen-bond acceptors (Lipinski definition) is 3. The van der Waals surface area contributed by atoms with Crippen molar-refractivity contribution in [1.82, 2.24) is 24.9 Å². The van der Waals surface area contributed by atoms with Crippen LogP contribution in [0.2, 0.25) is 0 Å². The van der Waals surface area contributed by atoms with Gasteiger partial charge in [0.05, 0.1) is 15.9 Å². The predicted molar refractivity (Wildman–Crippen MR) is 84.0 cm³/mol. The van der Waals surface area contributed by atoms with Gasteiger partial charge in [0.15, 0.2) is 0 Å². The van der Waals surface area contributed by atoms with Gasteiger partial charge in [0.25, 0.3) is 0 Å². The minimum Gasteiger partial charge on any atom is -0.354 e. The molecule has 1 amide bonds. The molecule has 0 aliphatic carbocycles. The van der Waals surface area contributed by atoms with E-state index in [4.69, 9.17) is 0 Å². The van der Waals surface area contributed by atoms with Crippen LogP contribution in [-0.4, -0.2) is 32.0 Å². The molecular formula is C14H20BrN5O. The Labute approximate surface area is 132 Å². The lowest BCUT2D eigenvalue weighted by Crippen LogP contribution is -2.33. The van der Waals surface area contributed by atoms with Crippen molar-refractivity contribution in [3.63, 3.8) is 0 Å². The number of rotatable bonds is 6. The Kier molecular flexibility index (Phi) is 5.17. The fourth-order valence-corrected chi connectivity index (χ4v) is 2.43. The zero-order valence-electron chi connectivity index (χ0n) is 12.5. The van der Waals surface area contributed by atoms with Crippen LogP contribution in [0.1, 0.15) is 30.8 Å². The lowest BCUT2D eigenvalue weighted by molar-refractivity contribution is -0.124. The van der Waals surface area contributed by atoms with E-state index in [0.29, 0.717) is 6.54 Å². The van der Waals surface area contributed by atoms with E-state index in [-0.39, 0.29) is 11.9 Å². The second-order valence-corrected chi connectivity index (χ2v) is 5.81. The SMILES string of the molecule is Cc1nn(C(C)C(=O)NCCCn2cccn2)c(C)c1Br. The van der Waals surface area contributed by atoms with Crippen LogP contribution in [0.15, 0.2) is 22.9 Å². The Hall–Kier alpha value is -1.63. The molecule has 2 heterocycles. The number of halogens is 1. The van der Waals surface area contributed by atoms with Gasteiger partial charge in [-0.2, -0.15) is 10.2 Å². The second-order valence-electron chi connectivity index (χ2n) is 5.02. The molecule has 0 aliphatic heterocycles. The first-order chi connectivity index (χ1) is 10.0. The van der Waals surface area contributed by atoms with Crippen LogP contribution in [0.4, 0.5) is 0 Å². The molecule has 0 aliphatic rings. The highest BCUT2D eigenvalue weighted by Crippen LogP contribution is 2.22. The van der Waals surface area contributed by atoms with Crippen molar-refractivity contribution in [2.75, 3.05) is 6.54 Å². The van der Waals surface area contributed by atoms with Gasteiger partial charge in [-0.3, -0.25) is 14.2 Å². The van der Waals surface area contributed by atoms with Crippen LogP contribution in [-0.2, 0) is 11.3 Å². The molecule has 0 saturated carbocycles. The lowest BCUT2D eigenvalue weighted by atomic mass is 10.3. The standard InChI is InChI=1S/C14H20BrN5O/c1-10-13(15)11(2)20(18-10)12(3)14(21)16-6-4-8-19-9-5-7-17-19/h5,7,9,12H,4,6,8H2,1-3H3,(H,16,21). The molecule has 0 radical (unpaired) electrons. The molecule has 1 N–H and O–H groups in total. The summed E-state index contributed by atoms with van der Waals surface area (Å²) in [4.78, 5) is 12.2. The van der Waals surface area contributed by atoms with E-state index in [0.717, 1.165) is 28.8 Å². The fraction of sp³-hybridized carbons (Fsp3) is 0.500. The minimum absolute atomic E-state index is 0.0198. The molecule has 0 aromatic carbocycles. The largest absolute Gasteiger partial charge is 0.354 e. The van der Waals surface area contributed by atoms with Gasteiger partial charge in [-0.25, -0.2) is 0 Å². The van der Waals surface area contributed by atoms with Crippen molar-refractivity contribution in [1.29, 1.82) is 0 Å². The van der Waals surface area contributed by atoms with Gasteiger partial charge < -0.3 is 5.32 Å². The van der Waals surface area contributed by atoms with Crippen molar-refractivity contribution < 1.29 is 4.79 Å². The van der Waals surface area contributed by atoms with Gasteiger partial charge in [-0.1, -0.05) is 0 Å². The molecule has 0 bridgehead atoms. The third-order valence-electron chi connectivity index (χ3n) is 3.41. The third kappa shape index (κ3) is 3.72. The Balaban J connectivity index is 1.83. The second kappa shape index (κ2) is 6.89. The van der Waals surface area contributed by atoms with Crippen molar-refractivity contribution in [3.05, 3.63) is 34.3 Å². The molecule has 2 aromatic heterocycles. The number of hydrogen-bond donors (Lipinski definition) is 1. The Morgan fingerprint density at radius 3 is 2.81 bits per heavy atom. The maximum atomic E-state index is 12.2. The number of carbonyl (C=O) groups is 1. The average molecular weight is 354 g/mol. The van der Waals surface area contributed by atoms with Crippen LogP contribution in [0.5, 0.6) is 0 Å². The number of amides is 1. The van der Waals surface area contributed by atoms with E-state index in [1.165, 1.54) is 0 Å². The molecule has 6 nitrogen and oxygen atoms in total. The van der Waals surface area contributed by atoms with Crippen LogP contribution in [0.3, 0.4) is 0 Å². The first-order valence-electron chi connectivity index (χ1n) is 6.97. The van der Waals surface area contributed by atoms with Gasteiger partial charge in [-0.15, -0.1) is 0 Å². The highest BCUT2D eigenvalue weighted by molar-refractivity contribution is 9.10. The van der Waals surface area contributed by atoms with Gasteiger partial charge in [0.1, 0.15) is 6.04 Å². The summed E-state index contributed by atoms with van der Waals surface area (Å²) < 4.78 is 4.57. The first kappa shape index (κ1) is 15.8. The molecule has 7 heteroatoms. The van der Waals surface area contributed by atoms with Crippen LogP contribution in [0.25, 0.3) is 0 Å². The summed E-state index contributed by atoms with van der Waals surface area (Å²) in [6.45, 7) is 7.15. The highest BCUT2D eigenvalue weighted by atomic mass is 79.9. The minimum atomic E-state index is -0.320. The number of carbonyl (C=O) groups excluding carboxylic acids is 1. The zero-order chi connectivity index (χ0) is 15.4. The summed E-state index contributed by atoms with van der Waals surface area (Å²) in [5, 5.41) is 11.5. The molecular weight excluding hydrogens is 334 g/mol. The Morgan fingerprint density at radius 2 is 2.24 bits per heavy atom. The topological polar surface area (TPSA) is 64.7 Å². The van der Waals surface area contributed by atoms with Gasteiger partial charge in [0.2, 0.25) is 5.91 Å². The van der Waals surface area contributed by atoms with Crippen molar-refractivity contribution in [2.24, 2.45) is 0 Å². The normalized spacial score (nSPS) is 12.4. The predicted octanol–water partition coefficient (Wildman–Crippen LogP) is 2.23. The smallest absolute Gasteiger partial charge is 0.244 e. The van der Waals surface area contributed by atoms with E-state index in [2.05, 4.69) is 31.4 Å². The summed E-state index contributed by atoms with van der Waals surface area (Å²) in [6.07, 6.45) is 4.51. The van der Waals surface area contributed by atoms with Crippen LogP contribution < -0.4 is 5.32 Å². The zero-order valence-corrected chi connectivity index (χ0v) is 14.1. The number of nitrogens with zero attached hydrogens (tertiary/aromatic N) is 4. The summed E-state index contributed by atoms with van der Waals surface area (Å²) in [5.41, 5.74) is 1.86. The average Bonchev–Trinajstić information content (AvgIpc) is 3.07. The first-order valence-corrected chi connectivity index (χ1v) is 7.76. The van der Waals surface area contributed by atoms with Gasteiger partial charge >= 0.3 is 0 Å². The molecule has 1 unspecified atom stereocenters. The molecule has 0 spiro atoms. The molecule has 21 heavy (non-hydrogen) atoms. The fourth-order valence-electron chi connectivity index (χ4n) is 2.16. The van der Waals surface area contributed by atoms with E-state index < -0.39 is 0 Å².